The van der Waals surface area contributed by atoms with E-state index in [1.807, 2.05) is 11.3 Å². The first kappa shape index (κ1) is 20.7. The fraction of sp³-hybridized carbons (Fsp3) is 0.750. The Bertz CT molecular complexity index is 406. The van der Waals surface area contributed by atoms with E-state index < -0.39 is 0 Å². The van der Waals surface area contributed by atoms with Gasteiger partial charge in [-0.05, 0) is 53.2 Å². The Morgan fingerprint density at radius 3 is 2.36 bits per heavy atom. The molecule has 1 N–H and O–H groups in total. The van der Waals surface area contributed by atoms with Gasteiger partial charge < -0.3 is 5.32 Å². The molecule has 0 aromatic carbocycles. The number of hydrogen-bond donors (Lipinski definition) is 1. The number of piperazine rings is 1. The van der Waals surface area contributed by atoms with E-state index in [1.165, 1.54) is 54.5 Å². The van der Waals surface area contributed by atoms with Gasteiger partial charge in [-0.15, -0.1) is 36.2 Å². The van der Waals surface area contributed by atoms with Crippen LogP contribution in [0.3, 0.4) is 0 Å². The number of thiophene rings is 1. The van der Waals surface area contributed by atoms with Crippen LogP contribution in [0, 0.1) is 12.8 Å². The van der Waals surface area contributed by atoms with Crippen LogP contribution in [0.5, 0.6) is 0 Å². The lowest BCUT2D eigenvalue weighted by Gasteiger charge is -2.40. The highest BCUT2D eigenvalue weighted by atomic mass is 79.9. The molecular formula is C16H27BrCl2N2S. The van der Waals surface area contributed by atoms with Gasteiger partial charge in [0.2, 0.25) is 0 Å². The van der Waals surface area contributed by atoms with Crippen molar-refractivity contribution < 1.29 is 0 Å². The summed E-state index contributed by atoms with van der Waals surface area (Å²) >= 11 is 5.68. The zero-order valence-corrected chi connectivity index (χ0v) is 17.2. The van der Waals surface area contributed by atoms with Crippen molar-refractivity contribution in [2.45, 2.75) is 45.1 Å². The van der Waals surface area contributed by atoms with Crippen LogP contribution in [0.4, 0.5) is 0 Å². The van der Waals surface area contributed by atoms with Gasteiger partial charge in [0.05, 0.1) is 3.79 Å². The largest absolute Gasteiger partial charge is 0.314 e. The van der Waals surface area contributed by atoms with Gasteiger partial charge in [0, 0.05) is 37.1 Å². The molecule has 2 heterocycles. The SMILES string of the molecule is Cc1cc([C@@H](C2CCCCC2)N2CCNCC2)sc1Br.Cl.Cl. The first-order valence-electron chi connectivity index (χ1n) is 7.96. The zero-order chi connectivity index (χ0) is 13.9. The summed E-state index contributed by atoms with van der Waals surface area (Å²) in [4.78, 5) is 4.33. The quantitative estimate of drug-likeness (QED) is 0.710. The van der Waals surface area contributed by atoms with E-state index in [0.29, 0.717) is 6.04 Å². The van der Waals surface area contributed by atoms with E-state index in [9.17, 15) is 0 Å². The van der Waals surface area contributed by atoms with Crippen LogP contribution in [-0.4, -0.2) is 31.1 Å². The molecule has 2 aliphatic rings. The van der Waals surface area contributed by atoms with Crippen LogP contribution >= 0.6 is 52.1 Å². The van der Waals surface area contributed by atoms with Crippen molar-refractivity contribution in [1.82, 2.24) is 10.2 Å². The predicted octanol–water partition coefficient (Wildman–Crippen LogP) is 5.19. The van der Waals surface area contributed by atoms with Gasteiger partial charge in [0.25, 0.3) is 0 Å². The van der Waals surface area contributed by atoms with Crippen LogP contribution in [-0.2, 0) is 0 Å². The molecule has 1 saturated carbocycles. The summed E-state index contributed by atoms with van der Waals surface area (Å²) in [6.45, 7) is 6.93. The maximum absolute atomic E-state index is 3.72. The third-order valence-corrected chi connectivity index (χ3v) is 7.02. The predicted molar refractivity (Wildman–Crippen MR) is 105 cm³/mol. The molecule has 0 unspecified atom stereocenters. The van der Waals surface area contributed by atoms with Crippen LogP contribution < -0.4 is 5.32 Å². The van der Waals surface area contributed by atoms with Crippen molar-refractivity contribution in [1.29, 1.82) is 0 Å². The highest BCUT2D eigenvalue weighted by Gasteiger charge is 2.32. The van der Waals surface area contributed by atoms with Crippen molar-refractivity contribution in [3.8, 4) is 0 Å². The van der Waals surface area contributed by atoms with E-state index >= 15 is 0 Å². The topological polar surface area (TPSA) is 15.3 Å². The molecule has 1 aromatic rings. The average Bonchev–Trinajstić information content (AvgIpc) is 2.81. The fourth-order valence-electron chi connectivity index (χ4n) is 3.75. The van der Waals surface area contributed by atoms with Gasteiger partial charge in [-0.2, -0.15) is 0 Å². The van der Waals surface area contributed by atoms with E-state index in [4.69, 9.17) is 0 Å². The second-order valence-electron chi connectivity index (χ2n) is 6.23. The number of aryl methyl sites for hydroxylation is 1. The molecule has 1 aromatic heterocycles. The molecule has 2 fully saturated rings. The molecule has 3 rings (SSSR count). The molecule has 1 aliphatic heterocycles. The van der Waals surface area contributed by atoms with Crippen molar-refractivity contribution in [3.63, 3.8) is 0 Å². The Kier molecular flexibility index (Phi) is 9.28. The van der Waals surface area contributed by atoms with Crippen LogP contribution in [0.15, 0.2) is 9.85 Å². The van der Waals surface area contributed by atoms with Gasteiger partial charge in [-0.3, -0.25) is 4.90 Å². The van der Waals surface area contributed by atoms with Gasteiger partial charge >= 0.3 is 0 Å². The number of hydrogen-bond acceptors (Lipinski definition) is 3. The summed E-state index contributed by atoms with van der Waals surface area (Å²) in [5.74, 6) is 0.867. The molecule has 6 heteroatoms. The molecule has 1 saturated heterocycles. The first-order valence-corrected chi connectivity index (χ1v) is 9.57. The summed E-state index contributed by atoms with van der Waals surface area (Å²) in [5, 5.41) is 3.49. The number of nitrogens with one attached hydrogen (secondary N) is 1. The molecule has 0 amide bonds. The van der Waals surface area contributed by atoms with E-state index in [-0.39, 0.29) is 24.8 Å². The van der Waals surface area contributed by atoms with Crippen LogP contribution in [0.1, 0.15) is 48.6 Å². The summed E-state index contributed by atoms with van der Waals surface area (Å²) in [6, 6.07) is 3.09. The van der Waals surface area contributed by atoms with E-state index in [0.717, 1.165) is 19.0 Å². The summed E-state index contributed by atoms with van der Waals surface area (Å²) < 4.78 is 1.32. The smallest absolute Gasteiger partial charge is 0.0731 e. The minimum atomic E-state index is 0. The summed E-state index contributed by atoms with van der Waals surface area (Å²) in [6.07, 6.45) is 7.14. The third-order valence-electron chi connectivity index (χ3n) is 4.81. The lowest BCUT2D eigenvalue weighted by molar-refractivity contribution is 0.106. The van der Waals surface area contributed by atoms with Gasteiger partial charge in [-0.25, -0.2) is 0 Å². The standard InChI is InChI=1S/C16H25BrN2S.2ClH/c1-12-11-14(20-16(12)17)15(13-5-3-2-4-6-13)19-9-7-18-8-10-19;;/h11,13,15,18H,2-10H2,1H3;2*1H/t15-;;/m1../s1. The van der Waals surface area contributed by atoms with Gasteiger partial charge in [0.15, 0.2) is 0 Å². The maximum atomic E-state index is 3.72. The highest BCUT2D eigenvalue weighted by Crippen LogP contribution is 2.42. The second-order valence-corrected chi connectivity index (χ2v) is 8.64. The normalized spacial score (nSPS) is 21.7. The van der Waals surface area contributed by atoms with Crippen molar-refractivity contribution in [3.05, 3.63) is 20.3 Å². The maximum Gasteiger partial charge on any atom is 0.0731 e. The highest BCUT2D eigenvalue weighted by molar-refractivity contribution is 9.11. The fourth-order valence-corrected chi connectivity index (χ4v) is 5.55. The molecule has 1 atom stereocenters. The van der Waals surface area contributed by atoms with Gasteiger partial charge in [-0.1, -0.05) is 19.3 Å². The lowest BCUT2D eigenvalue weighted by Crippen LogP contribution is -2.47. The minimum Gasteiger partial charge on any atom is -0.314 e. The second kappa shape index (κ2) is 9.85. The van der Waals surface area contributed by atoms with E-state index in [2.05, 4.69) is 39.1 Å². The molecule has 2 nitrogen and oxygen atoms in total. The monoisotopic (exact) mass is 428 g/mol. The van der Waals surface area contributed by atoms with E-state index in [1.54, 1.807) is 4.88 Å². The summed E-state index contributed by atoms with van der Waals surface area (Å²) in [5.41, 5.74) is 1.40. The van der Waals surface area contributed by atoms with Crippen molar-refractivity contribution in [2.24, 2.45) is 5.92 Å². The minimum absolute atomic E-state index is 0. The Morgan fingerprint density at radius 1 is 1.18 bits per heavy atom. The molecule has 22 heavy (non-hydrogen) atoms. The zero-order valence-electron chi connectivity index (χ0n) is 13.1. The number of halogens is 3. The van der Waals surface area contributed by atoms with Crippen LogP contribution in [0.25, 0.3) is 0 Å². The summed E-state index contributed by atoms with van der Waals surface area (Å²) in [7, 11) is 0. The molecule has 1 aliphatic carbocycles. The molecule has 0 bridgehead atoms. The molecule has 128 valence electrons. The third kappa shape index (κ3) is 4.84. The number of nitrogens with zero attached hydrogens (tertiary/aromatic N) is 1. The Morgan fingerprint density at radius 2 is 1.82 bits per heavy atom. The Hall–Kier alpha value is 0.680. The van der Waals surface area contributed by atoms with Gasteiger partial charge in [0.1, 0.15) is 0 Å². The lowest BCUT2D eigenvalue weighted by atomic mass is 9.82. The Balaban J connectivity index is 0.00000121. The molecule has 0 spiro atoms. The molecular weight excluding hydrogens is 403 g/mol. The Labute approximate surface area is 159 Å². The number of rotatable bonds is 3. The average molecular weight is 430 g/mol. The van der Waals surface area contributed by atoms with Crippen molar-refractivity contribution in [2.75, 3.05) is 26.2 Å². The molecule has 0 radical (unpaired) electrons. The first-order chi connectivity index (χ1) is 9.75. The van der Waals surface area contributed by atoms with Crippen LogP contribution in [0.2, 0.25) is 0 Å². The van der Waals surface area contributed by atoms with Crippen molar-refractivity contribution >= 4 is 52.1 Å².